The first-order chi connectivity index (χ1) is 15.0. The first-order valence-corrected chi connectivity index (χ1v) is 12.0. The SMILES string of the molecule is CC(C)c1cc(N2Cc3c(C(C)C)ccc(C(C)C)c3C2=O)c(C(C)C)c2c1CC(=O)N2. The fraction of sp³-hybridized carbons (Fsp3) is 0.500. The van der Waals surface area contributed by atoms with Gasteiger partial charge in [-0.2, -0.15) is 0 Å². The third kappa shape index (κ3) is 3.44. The summed E-state index contributed by atoms with van der Waals surface area (Å²) in [4.78, 5) is 28.3. The summed E-state index contributed by atoms with van der Waals surface area (Å²) in [5.41, 5.74) is 9.67. The van der Waals surface area contributed by atoms with Crippen LogP contribution in [0.3, 0.4) is 0 Å². The predicted octanol–water partition coefficient (Wildman–Crippen LogP) is 6.84. The van der Waals surface area contributed by atoms with Crippen molar-refractivity contribution in [2.75, 3.05) is 10.2 Å². The number of hydrogen-bond acceptors (Lipinski definition) is 2. The number of benzene rings is 2. The molecule has 2 aliphatic rings. The zero-order valence-electron chi connectivity index (χ0n) is 20.7. The van der Waals surface area contributed by atoms with Gasteiger partial charge in [0.25, 0.3) is 5.91 Å². The van der Waals surface area contributed by atoms with Gasteiger partial charge in [-0.05, 0) is 57.6 Å². The molecule has 2 aliphatic heterocycles. The fourth-order valence-electron chi connectivity index (χ4n) is 5.43. The Balaban J connectivity index is 1.95. The van der Waals surface area contributed by atoms with Crippen LogP contribution in [0.4, 0.5) is 11.4 Å². The number of rotatable bonds is 5. The van der Waals surface area contributed by atoms with Crippen LogP contribution in [0.2, 0.25) is 0 Å². The molecular formula is C28H36N2O2. The van der Waals surface area contributed by atoms with E-state index in [4.69, 9.17) is 0 Å². The number of fused-ring (bicyclic) bond motifs is 2. The summed E-state index contributed by atoms with van der Waals surface area (Å²) in [5.74, 6) is 1.22. The smallest absolute Gasteiger partial charge is 0.259 e. The van der Waals surface area contributed by atoms with Crippen molar-refractivity contribution < 1.29 is 9.59 Å². The van der Waals surface area contributed by atoms with E-state index in [2.05, 4.69) is 78.9 Å². The Morgan fingerprint density at radius 3 is 1.94 bits per heavy atom. The zero-order valence-corrected chi connectivity index (χ0v) is 20.7. The lowest BCUT2D eigenvalue weighted by Gasteiger charge is -2.27. The highest BCUT2D eigenvalue weighted by atomic mass is 16.2. The summed E-state index contributed by atoms with van der Waals surface area (Å²) in [6, 6.07) is 6.54. The van der Waals surface area contributed by atoms with Gasteiger partial charge in [-0.1, -0.05) is 67.5 Å². The molecule has 0 radical (unpaired) electrons. The van der Waals surface area contributed by atoms with Crippen LogP contribution in [0.15, 0.2) is 18.2 Å². The van der Waals surface area contributed by atoms with Crippen LogP contribution in [0.1, 0.15) is 123 Å². The third-order valence-electron chi connectivity index (χ3n) is 6.98. The average Bonchev–Trinajstić information content (AvgIpc) is 3.25. The number of carbonyl (C=O) groups is 2. The highest BCUT2D eigenvalue weighted by Gasteiger charge is 2.37. The van der Waals surface area contributed by atoms with E-state index in [1.807, 2.05) is 4.90 Å². The minimum Gasteiger partial charge on any atom is -0.325 e. The molecule has 0 bridgehead atoms. The van der Waals surface area contributed by atoms with Gasteiger partial charge < -0.3 is 10.2 Å². The number of anilines is 2. The number of hydrogen-bond donors (Lipinski definition) is 1. The number of nitrogens with one attached hydrogen (secondary N) is 1. The predicted molar refractivity (Wildman–Crippen MR) is 132 cm³/mol. The summed E-state index contributed by atoms with van der Waals surface area (Å²) < 4.78 is 0. The maximum atomic E-state index is 14.0. The van der Waals surface area contributed by atoms with Crippen molar-refractivity contribution in [3.63, 3.8) is 0 Å². The van der Waals surface area contributed by atoms with E-state index in [0.717, 1.165) is 39.2 Å². The molecule has 2 amide bonds. The molecule has 4 nitrogen and oxygen atoms in total. The van der Waals surface area contributed by atoms with Gasteiger partial charge in [-0.25, -0.2) is 0 Å². The number of amides is 2. The molecule has 0 atom stereocenters. The maximum absolute atomic E-state index is 14.0. The van der Waals surface area contributed by atoms with Crippen molar-refractivity contribution in [1.29, 1.82) is 0 Å². The second-order valence-corrected chi connectivity index (χ2v) is 10.6. The molecule has 0 aliphatic carbocycles. The van der Waals surface area contributed by atoms with Gasteiger partial charge >= 0.3 is 0 Å². The molecule has 0 saturated carbocycles. The summed E-state index contributed by atoms with van der Waals surface area (Å²) >= 11 is 0. The zero-order chi connectivity index (χ0) is 23.5. The molecule has 0 spiro atoms. The second kappa shape index (κ2) is 8.06. The molecule has 2 aromatic rings. The van der Waals surface area contributed by atoms with Gasteiger partial charge in [-0.3, -0.25) is 9.59 Å². The summed E-state index contributed by atoms with van der Waals surface area (Å²) in [5, 5.41) is 3.12. The van der Waals surface area contributed by atoms with Crippen LogP contribution in [-0.4, -0.2) is 11.8 Å². The van der Waals surface area contributed by atoms with E-state index in [0.29, 0.717) is 18.9 Å². The van der Waals surface area contributed by atoms with E-state index < -0.39 is 0 Å². The Kier molecular flexibility index (Phi) is 5.68. The van der Waals surface area contributed by atoms with Gasteiger partial charge in [0.15, 0.2) is 0 Å². The molecule has 170 valence electrons. The van der Waals surface area contributed by atoms with Crippen molar-refractivity contribution in [3.8, 4) is 0 Å². The lowest BCUT2D eigenvalue weighted by molar-refractivity contribution is -0.115. The molecule has 0 fully saturated rings. The molecule has 32 heavy (non-hydrogen) atoms. The Bertz CT molecular complexity index is 1110. The summed E-state index contributed by atoms with van der Waals surface area (Å²) in [7, 11) is 0. The molecule has 0 unspecified atom stereocenters. The monoisotopic (exact) mass is 432 g/mol. The highest BCUT2D eigenvalue weighted by Crippen LogP contribution is 2.46. The Morgan fingerprint density at radius 2 is 1.38 bits per heavy atom. The van der Waals surface area contributed by atoms with E-state index in [9.17, 15) is 9.59 Å². The van der Waals surface area contributed by atoms with E-state index in [1.54, 1.807) is 0 Å². The van der Waals surface area contributed by atoms with E-state index in [1.165, 1.54) is 11.1 Å². The number of nitrogens with zero attached hydrogens (tertiary/aromatic N) is 1. The normalized spacial score (nSPS) is 15.4. The molecular weight excluding hydrogens is 396 g/mol. The molecule has 2 aromatic carbocycles. The van der Waals surface area contributed by atoms with Crippen LogP contribution >= 0.6 is 0 Å². The summed E-state index contributed by atoms with van der Waals surface area (Å²) in [6.07, 6.45) is 0.423. The summed E-state index contributed by atoms with van der Waals surface area (Å²) in [6.45, 7) is 17.9. The van der Waals surface area contributed by atoms with Crippen molar-refractivity contribution in [2.45, 2.75) is 92.0 Å². The van der Waals surface area contributed by atoms with Gasteiger partial charge in [0.2, 0.25) is 5.91 Å². The van der Waals surface area contributed by atoms with Crippen LogP contribution in [-0.2, 0) is 17.8 Å². The van der Waals surface area contributed by atoms with Crippen molar-refractivity contribution in [3.05, 3.63) is 57.1 Å². The average molecular weight is 433 g/mol. The van der Waals surface area contributed by atoms with Crippen LogP contribution in [0, 0.1) is 0 Å². The molecule has 0 aromatic heterocycles. The quantitative estimate of drug-likeness (QED) is 0.562. The minimum absolute atomic E-state index is 0.0428. The van der Waals surface area contributed by atoms with E-state index >= 15 is 0 Å². The van der Waals surface area contributed by atoms with Gasteiger partial charge in [-0.15, -0.1) is 0 Å². The van der Waals surface area contributed by atoms with Crippen molar-refractivity contribution in [1.82, 2.24) is 0 Å². The molecule has 4 heteroatoms. The van der Waals surface area contributed by atoms with Crippen LogP contribution in [0.25, 0.3) is 0 Å². The first kappa shape index (κ1) is 22.6. The molecule has 2 heterocycles. The van der Waals surface area contributed by atoms with Crippen molar-refractivity contribution in [2.24, 2.45) is 0 Å². The standard InChI is InChI=1S/C28H36N2O2/c1-14(2)18-9-10-19(15(3)4)26-22(18)13-30(28(26)32)23-11-20(16(5)6)21-12-24(31)29-27(21)25(23)17(7)8/h9-11,14-17H,12-13H2,1-8H3,(H,29,31). The topological polar surface area (TPSA) is 49.4 Å². The highest BCUT2D eigenvalue weighted by molar-refractivity contribution is 6.13. The first-order valence-electron chi connectivity index (χ1n) is 12.0. The Labute approximate surface area is 192 Å². The third-order valence-corrected chi connectivity index (χ3v) is 6.98. The van der Waals surface area contributed by atoms with Crippen LogP contribution in [0.5, 0.6) is 0 Å². The van der Waals surface area contributed by atoms with Gasteiger partial charge in [0.05, 0.1) is 24.3 Å². The maximum Gasteiger partial charge on any atom is 0.259 e. The number of carbonyl (C=O) groups excluding carboxylic acids is 2. The van der Waals surface area contributed by atoms with Crippen molar-refractivity contribution >= 4 is 23.2 Å². The Hall–Kier alpha value is -2.62. The van der Waals surface area contributed by atoms with Gasteiger partial charge in [0.1, 0.15) is 0 Å². The molecule has 1 N–H and O–H groups in total. The lowest BCUT2D eigenvalue weighted by atomic mass is 9.88. The van der Waals surface area contributed by atoms with Crippen LogP contribution < -0.4 is 10.2 Å². The second-order valence-electron chi connectivity index (χ2n) is 10.6. The van der Waals surface area contributed by atoms with Gasteiger partial charge in [0, 0.05) is 11.1 Å². The molecule has 4 rings (SSSR count). The molecule has 0 saturated heterocycles. The Morgan fingerprint density at radius 1 is 0.781 bits per heavy atom. The lowest BCUT2D eigenvalue weighted by Crippen LogP contribution is -2.26. The van der Waals surface area contributed by atoms with E-state index in [-0.39, 0.29) is 29.6 Å². The fourth-order valence-corrected chi connectivity index (χ4v) is 5.43. The minimum atomic E-state index is 0.0428. The largest absolute Gasteiger partial charge is 0.325 e.